The fourth-order valence-corrected chi connectivity index (χ4v) is 7.31. The average Bonchev–Trinajstić information content (AvgIpc) is 3.44. The second-order valence-corrected chi connectivity index (χ2v) is 13.9. The van der Waals surface area contributed by atoms with Crippen LogP contribution in [0.3, 0.4) is 0 Å². The van der Waals surface area contributed by atoms with Crippen molar-refractivity contribution in [2.24, 2.45) is 0 Å². The second-order valence-electron chi connectivity index (χ2n) is 13.9. The normalized spacial score (nSPS) is 20.1. The topological polar surface area (TPSA) is 110 Å². The maximum Gasteiger partial charge on any atom is 0.320 e. The number of nitrogens with zero attached hydrogens (tertiary/aromatic N) is 3. The van der Waals surface area contributed by atoms with E-state index in [1.165, 1.54) is 5.56 Å². The molecule has 13 nitrogen and oxygen atoms in total. The minimum Gasteiger partial charge on any atom is -0.497 e. The molecule has 2 aromatic carbocycles. The van der Waals surface area contributed by atoms with Crippen LogP contribution in [-0.4, -0.2) is 167 Å². The van der Waals surface area contributed by atoms with Crippen molar-refractivity contribution >= 4 is 6.03 Å². The standard InChI is InChI=1S/C41H65N3O10/c1-42(2)41(37-8-6-5-7-9-37)16-14-40(15-17-41)35-43(34-36-10-12-38(47-4)13-11-36)39(45)44(40)18-19-48-22-23-50-26-27-52-30-31-54-33-32-53-29-28-51-25-24-49-21-20-46-3/h5-13H,14-35H2,1-4H3/t40-,41+. The molecule has 2 aromatic rings. The van der Waals surface area contributed by atoms with E-state index in [-0.39, 0.29) is 17.1 Å². The molecule has 304 valence electrons. The molecule has 0 unspecified atom stereocenters. The minimum atomic E-state index is -0.235. The van der Waals surface area contributed by atoms with E-state index in [2.05, 4.69) is 54.2 Å². The van der Waals surface area contributed by atoms with Crippen LogP contribution in [0.1, 0.15) is 36.8 Å². The van der Waals surface area contributed by atoms with Crippen molar-refractivity contribution in [2.45, 2.75) is 43.3 Å². The lowest BCUT2D eigenvalue weighted by Gasteiger charge is -2.51. The Morgan fingerprint density at radius 1 is 0.593 bits per heavy atom. The number of hydrogen-bond donors (Lipinski definition) is 0. The Kier molecular flexibility index (Phi) is 20.0. The van der Waals surface area contributed by atoms with Gasteiger partial charge in [0.2, 0.25) is 0 Å². The van der Waals surface area contributed by atoms with Gasteiger partial charge in [-0.1, -0.05) is 42.5 Å². The molecule has 2 fully saturated rings. The maximum absolute atomic E-state index is 14.0. The molecular weight excluding hydrogens is 694 g/mol. The number of amides is 2. The summed E-state index contributed by atoms with van der Waals surface area (Å²) in [4.78, 5) is 20.5. The zero-order valence-electron chi connectivity index (χ0n) is 33.2. The summed E-state index contributed by atoms with van der Waals surface area (Å²) >= 11 is 0. The summed E-state index contributed by atoms with van der Waals surface area (Å²) in [5.41, 5.74) is 2.14. The van der Waals surface area contributed by atoms with Crippen LogP contribution in [0.25, 0.3) is 0 Å². The summed E-state index contributed by atoms with van der Waals surface area (Å²) in [6.45, 7) is 9.48. The van der Waals surface area contributed by atoms with Crippen molar-refractivity contribution in [3.63, 3.8) is 0 Å². The van der Waals surface area contributed by atoms with Gasteiger partial charge in [-0.15, -0.1) is 0 Å². The molecule has 1 heterocycles. The molecule has 0 atom stereocenters. The zero-order valence-corrected chi connectivity index (χ0v) is 33.2. The Bertz CT molecular complexity index is 1280. The van der Waals surface area contributed by atoms with E-state index >= 15 is 0 Å². The highest BCUT2D eigenvalue weighted by Crippen LogP contribution is 2.49. The molecule has 1 aliphatic heterocycles. The summed E-state index contributed by atoms with van der Waals surface area (Å²) in [5, 5.41) is 0. The largest absolute Gasteiger partial charge is 0.497 e. The van der Waals surface area contributed by atoms with Crippen LogP contribution in [0.2, 0.25) is 0 Å². The monoisotopic (exact) mass is 759 g/mol. The number of methoxy groups -OCH3 is 2. The SMILES string of the molecule is COCCOCCOCCOCCOCCOCCOCCOCCN1C(=O)N(Cc2ccc(OC)cc2)C[C@]12CC[C@](c1ccccc1)(N(C)C)CC2. The van der Waals surface area contributed by atoms with Gasteiger partial charge in [-0.2, -0.15) is 0 Å². The van der Waals surface area contributed by atoms with Gasteiger partial charge in [0.25, 0.3) is 0 Å². The Morgan fingerprint density at radius 2 is 1.06 bits per heavy atom. The van der Waals surface area contributed by atoms with E-state index in [1.54, 1.807) is 14.2 Å². The van der Waals surface area contributed by atoms with E-state index in [4.69, 9.17) is 42.6 Å². The number of benzene rings is 2. The van der Waals surface area contributed by atoms with Gasteiger partial charge in [-0.05, 0) is 63.0 Å². The van der Waals surface area contributed by atoms with Crippen LogP contribution in [0.15, 0.2) is 54.6 Å². The molecule has 1 saturated heterocycles. The highest BCUT2D eigenvalue weighted by atomic mass is 16.6. The quantitative estimate of drug-likeness (QED) is 0.110. The number of hydrogen-bond acceptors (Lipinski definition) is 11. The van der Waals surface area contributed by atoms with Crippen molar-refractivity contribution in [1.82, 2.24) is 14.7 Å². The van der Waals surface area contributed by atoms with Crippen LogP contribution in [-0.2, 0) is 50.0 Å². The molecule has 1 saturated carbocycles. The van der Waals surface area contributed by atoms with Gasteiger partial charge in [0, 0.05) is 32.3 Å². The third-order valence-electron chi connectivity index (χ3n) is 10.4. The summed E-state index contributed by atoms with van der Waals surface area (Å²) in [6.07, 6.45) is 3.81. The first-order chi connectivity index (χ1) is 26.4. The van der Waals surface area contributed by atoms with Crippen molar-refractivity contribution in [3.8, 4) is 5.75 Å². The van der Waals surface area contributed by atoms with E-state index in [9.17, 15) is 4.79 Å². The number of rotatable bonds is 29. The molecule has 1 aliphatic carbocycles. The third-order valence-corrected chi connectivity index (χ3v) is 10.4. The number of urea groups is 1. The number of carbonyl (C=O) groups excluding carboxylic acids is 1. The Morgan fingerprint density at radius 3 is 1.50 bits per heavy atom. The summed E-state index contributed by atoms with van der Waals surface area (Å²) in [6, 6.07) is 18.9. The second kappa shape index (κ2) is 24.6. The predicted octanol–water partition coefficient (Wildman–Crippen LogP) is 4.47. The summed E-state index contributed by atoms with van der Waals surface area (Å²) in [7, 11) is 7.67. The van der Waals surface area contributed by atoms with Crippen LogP contribution < -0.4 is 4.74 Å². The average molecular weight is 760 g/mol. The van der Waals surface area contributed by atoms with Gasteiger partial charge in [0.05, 0.1) is 112 Å². The molecule has 0 aromatic heterocycles. The molecule has 4 rings (SSSR count). The highest BCUT2D eigenvalue weighted by molar-refractivity contribution is 5.78. The lowest BCUT2D eigenvalue weighted by atomic mass is 9.68. The Balaban J connectivity index is 1.10. The van der Waals surface area contributed by atoms with Gasteiger partial charge in [-0.3, -0.25) is 4.90 Å². The molecule has 0 radical (unpaired) electrons. The van der Waals surface area contributed by atoms with Crippen molar-refractivity contribution in [2.75, 3.05) is 141 Å². The van der Waals surface area contributed by atoms with Gasteiger partial charge in [0.15, 0.2) is 0 Å². The van der Waals surface area contributed by atoms with Gasteiger partial charge < -0.3 is 52.4 Å². The summed E-state index contributed by atoms with van der Waals surface area (Å²) < 4.78 is 49.4. The molecule has 2 aliphatic rings. The van der Waals surface area contributed by atoms with E-state index in [0.717, 1.165) is 37.0 Å². The lowest BCUT2D eigenvalue weighted by Crippen LogP contribution is -2.56. The van der Waals surface area contributed by atoms with Crippen LogP contribution >= 0.6 is 0 Å². The van der Waals surface area contributed by atoms with E-state index < -0.39 is 0 Å². The van der Waals surface area contributed by atoms with E-state index in [0.29, 0.717) is 119 Å². The van der Waals surface area contributed by atoms with Crippen LogP contribution in [0, 0.1) is 0 Å². The van der Waals surface area contributed by atoms with Crippen molar-refractivity contribution in [1.29, 1.82) is 0 Å². The van der Waals surface area contributed by atoms with Gasteiger partial charge >= 0.3 is 6.03 Å². The Hall–Kier alpha value is -2.85. The number of carbonyl (C=O) groups is 1. The first-order valence-corrected chi connectivity index (χ1v) is 19.4. The molecule has 54 heavy (non-hydrogen) atoms. The molecule has 1 spiro atoms. The predicted molar refractivity (Wildman–Crippen MR) is 206 cm³/mol. The number of ether oxygens (including phenoxy) is 9. The smallest absolute Gasteiger partial charge is 0.320 e. The van der Waals surface area contributed by atoms with Crippen molar-refractivity contribution in [3.05, 3.63) is 65.7 Å². The molecular formula is C41H65N3O10. The fourth-order valence-electron chi connectivity index (χ4n) is 7.31. The molecule has 0 bridgehead atoms. The Labute approximate surface area is 323 Å². The fraction of sp³-hybridized carbons (Fsp3) is 0.683. The van der Waals surface area contributed by atoms with E-state index in [1.807, 2.05) is 29.2 Å². The van der Waals surface area contributed by atoms with Crippen molar-refractivity contribution < 1.29 is 47.4 Å². The van der Waals surface area contributed by atoms with Gasteiger partial charge in [0.1, 0.15) is 5.75 Å². The minimum absolute atomic E-state index is 0.0544. The van der Waals surface area contributed by atoms with Crippen LogP contribution in [0.4, 0.5) is 4.79 Å². The van der Waals surface area contributed by atoms with Gasteiger partial charge in [-0.25, -0.2) is 4.79 Å². The molecule has 2 amide bonds. The summed E-state index contributed by atoms with van der Waals surface area (Å²) in [5.74, 6) is 0.810. The highest BCUT2D eigenvalue weighted by Gasteiger charge is 2.54. The molecule has 0 N–H and O–H groups in total. The zero-order chi connectivity index (χ0) is 38.3. The third kappa shape index (κ3) is 13.7. The lowest BCUT2D eigenvalue weighted by molar-refractivity contribution is -0.0235. The first-order valence-electron chi connectivity index (χ1n) is 19.4. The maximum atomic E-state index is 14.0. The van der Waals surface area contributed by atoms with Crippen LogP contribution in [0.5, 0.6) is 5.75 Å². The molecule has 13 heteroatoms. The first kappa shape index (κ1) is 43.9.